The highest BCUT2D eigenvalue weighted by Crippen LogP contribution is 2.36. The third-order valence-corrected chi connectivity index (χ3v) is 3.41. The van der Waals surface area contributed by atoms with Crippen LogP contribution in [0.25, 0.3) is 0 Å². The van der Waals surface area contributed by atoms with Gasteiger partial charge in [-0.3, -0.25) is 4.79 Å². The van der Waals surface area contributed by atoms with Crippen LogP contribution in [0.5, 0.6) is 0 Å². The van der Waals surface area contributed by atoms with Gasteiger partial charge in [-0.15, -0.1) is 0 Å². The average molecular weight is 202 g/mol. The highest BCUT2D eigenvalue weighted by atomic mass is 16.5. The predicted molar refractivity (Wildman–Crippen MR) is 57.4 cm³/mol. The summed E-state index contributed by atoms with van der Waals surface area (Å²) in [5.74, 6) is 0.606. The van der Waals surface area contributed by atoms with Gasteiger partial charge < -0.3 is 4.74 Å². The second kappa shape index (κ2) is 3.46. The zero-order valence-electron chi connectivity index (χ0n) is 8.61. The van der Waals surface area contributed by atoms with Gasteiger partial charge in [0, 0.05) is 17.9 Å². The Hall–Kier alpha value is -1.15. The minimum atomic E-state index is 0.0775. The minimum Gasteiger partial charge on any atom is -0.372 e. The van der Waals surface area contributed by atoms with Crippen molar-refractivity contribution in [3.8, 4) is 0 Å². The van der Waals surface area contributed by atoms with Gasteiger partial charge in [0.25, 0.3) is 0 Å². The van der Waals surface area contributed by atoms with Gasteiger partial charge in [0.1, 0.15) is 0 Å². The maximum Gasteiger partial charge on any atom is 0.161 e. The average Bonchev–Trinajstić information content (AvgIpc) is 2.29. The van der Waals surface area contributed by atoms with Gasteiger partial charge >= 0.3 is 0 Å². The van der Waals surface area contributed by atoms with Gasteiger partial charge in [-0.2, -0.15) is 0 Å². The van der Waals surface area contributed by atoms with Crippen LogP contribution in [0.2, 0.25) is 0 Å². The van der Waals surface area contributed by atoms with E-state index >= 15 is 0 Å². The first kappa shape index (κ1) is 9.10. The summed E-state index contributed by atoms with van der Waals surface area (Å²) < 4.78 is 5.76. The molecule has 0 aromatic rings. The number of ether oxygens (including phenoxy) is 1. The summed E-state index contributed by atoms with van der Waals surface area (Å²) in [6, 6.07) is 0. The quantitative estimate of drug-likeness (QED) is 0.601. The molecule has 0 amide bonds. The lowest BCUT2D eigenvalue weighted by atomic mass is 9.79. The van der Waals surface area contributed by atoms with Crippen molar-refractivity contribution in [1.82, 2.24) is 0 Å². The van der Waals surface area contributed by atoms with Crippen LogP contribution in [0, 0.1) is 5.92 Å². The van der Waals surface area contributed by atoms with Crippen molar-refractivity contribution in [3.63, 3.8) is 0 Å². The molecule has 15 heavy (non-hydrogen) atoms. The standard InChI is InChI=1S/C13H14O2/c14-11-6-3-7-12-13(11)10-5-2-1-4-9(10)8-15-12/h1-2,4-5,9,12H,3,6-8H2/t9-,12-/m1/s1. The number of hydrogen-bond acceptors (Lipinski definition) is 2. The molecule has 0 unspecified atom stereocenters. The van der Waals surface area contributed by atoms with Gasteiger partial charge in [-0.05, 0) is 18.4 Å². The Morgan fingerprint density at radius 2 is 2.27 bits per heavy atom. The Labute approximate surface area is 89.3 Å². The number of Topliss-reactive ketones (excluding diaryl/α,β-unsaturated/α-hetero) is 1. The fourth-order valence-corrected chi connectivity index (χ4v) is 2.66. The van der Waals surface area contributed by atoms with Crippen molar-refractivity contribution < 1.29 is 9.53 Å². The number of rotatable bonds is 0. The first-order valence-electron chi connectivity index (χ1n) is 5.60. The summed E-state index contributed by atoms with van der Waals surface area (Å²) in [5.41, 5.74) is 2.16. The largest absolute Gasteiger partial charge is 0.372 e. The molecule has 1 heterocycles. The maximum absolute atomic E-state index is 11.9. The molecule has 2 heteroatoms. The molecule has 1 saturated carbocycles. The zero-order valence-corrected chi connectivity index (χ0v) is 8.61. The van der Waals surface area contributed by atoms with Gasteiger partial charge in [0.15, 0.2) is 5.78 Å². The number of ketones is 1. The third-order valence-electron chi connectivity index (χ3n) is 3.41. The Balaban J connectivity index is 2.08. The number of allylic oxidation sites excluding steroid dienone is 3. The summed E-state index contributed by atoms with van der Waals surface area (Å²) in [6.45, 7) is 0.734. The molecule has 2 nitrogen and oxygen atoms in total. The molecule has 2 aliphatic carbocycles. The van der Waals surface area contributed by atoms with E-state index in [1.807, 2.05) is 12.2 Å². The lowest BCUT2D eigenvalue weighted by molar-refractivity contribution is -0.119. The Morgan fingerprint density at radius 1 is 1.33 bits per heavy atom. The highest BCUT2D eigenvalue weighted by Gasteiger charge is 2.34. The van der Waals surface area contributed by atoms with E-state index in [9.17, 15) is 4.79 Å². The molecule has 0 spiro atoms. The van der Waals surface area contributed by atoms with E-state index < -0.39 is 0 Å². The van der Waals surface area contributed by atoms with Crippen molar-refractivity contribution in [2.75, 3.05) is 6.61 Å². The van der Waals surface area contributed by atoms with Gasteiger partial charge in [-0.1, -0.05) is 24.3 Å². The van der Waals surface area contributed by atoms with E-state index in [2.05, 4.69) is 12.2 Å². The number of hydrogen-bond donors (Lipinski definition) is 0. The second-order valence-electron chi connectivity index (χ2n) is 4.36. The lowest BCUT2D eigenvalue weighted by Crippen LogP contribution is -2.35. The summed E-state index contributed by atoms with van der Waals surface area (Å²) in [5, 5.41) is 0. The van der Waals surface area contributed by atoms with Crippen molar-refractivity contribution in [2.24, 2.45) is 5.92 Å². The van der Waals surface area contributed by atoms with Gasteiger partial charge in [0.2, 0.25) is 0 Å². The topological polar surface area (TPSA) is 26.3 Å². The summed E-state index contributed by atoms with van der Waals surface area (Å²) in [6.07, 6.45) is 11.0. The molecule has 0 radical (unpaired) electrons. The molecule has 1 fully saturated rings. The Kier molecular flexibility index (Phi) is 2.10. The summed E-state index contributed by atoms with van der Waals surface area (Å²) in [7, 11) is 0. The zero-order chi connectivity index (χ0) is 10.3. The van der Waals surface area contributed by atoms with E-state index in [0.29, 0.717) is 18.1 Å². The number of carbonyl (C=O) groups excluding carboxylic acids is 1. The van der Waals surface area contributed by atoms with Crippen molar-refractivity contribution in [1.29, 1.82) is 0 Å². The summed E-state index contributed by atoms with van der Waals surface area (Å²) in [4.78, 5) is 11.9. The normalized spacial score (nSPS) is 34.0. The van der Waals surface area contributed by atoms with Crippen molar-refractivity contribution >= 4 is 5.78 Å². The SMILES string of the molecule is O=C1CCC[C@H]2OC[C@H]3C=CC=CC3=C12. The van der Waals surface area contributed by atoms with Crippen LogP contribution >= 0.6 is 0 Å². The van der Waals surface area contributed by atoms with E-state index in [4.69, 9.17) is 4.74 Å². The van der Waals surface area contributed by atoms with E-state index in [-0.39, 0.29) is 6.10 Å². The first-order valence-corrected chi connectivity index (χ1v) is 5.60. The fourth-order valence-electron chi connectivity index (χ4n) is 2.66. The molecule has 0 aromatic carbocycles. The number of carbonyl (C=O) groups is 1. The van der Waals surface area contributed by atoms with Crippen molar-refractivity contribution in [2.45, 2.75) is 25.4 Å². The van der Waals surface area contributed by atoms with E-state index in [0.717, 1.165) is 25.0 Å². The predicted octanol–water partition coefficient (Wildman–Crippen LogP) is 2.18. The van der Waals surface area contributed by atoms with Crippen LogP contribution < -0.4 is 0 Å². The maximum atomic E-state index is 11.9. The van der Waals surface area contributed by atoms with Crippen LogP contribution in [0.4, 0.5) is 0 Å². The van der Waals surface area contributed by atoms with Crippen LogP contribution in [0.15, 0.2) is 35.5 Å². The molecule has 3 aliphatic rings. The van der Waals surface area contributed by atoms with Crippen LogP contribution in [-0.2, 0) is 9.53 Å². The number of fused-ring (bicyclic) bond motifs is 2. The molecule has 0 saturated heterocycles. The molecule has 0 bridgehead atoms. The minimum absolute atomic E-state index is 0.0775. The highest BCUT2D eigenvalue weighted by molar-refractivity contribution is 5.98. The third kappa shape index (κ3) is 1.40. The molecule has 2 atom stereocenters. The molecule has 0 N–H and O–H groups in total. The monoisotopic (exact) mass is 202 g/mol. The second-order valence-corrected chi connectivity index (χ2v) is 4.36. The first-order chi connectivity index (χ1) is 7.36. The molecular formula is C13H14O2. The fraction of sp³-hybridized carbons (Fsp3) is 0.462. The molecular weight excluding hydrogens is 188 g/mol. The van der Waals surface area contributed by atoms with E-state index in [1.54, 1.807) is 0 Å². The molecule has 78 valence electrons. The molecule has 3 rings (SSSR count). The molecule has 0 aromatic heterocycles. The van der Waals surface area contributed by atoms with Crippen LogP contribution in [-0.4, -0.2) is 18.5 Å². The van der Waals surface area contributed by atoms with Gasteiger partial charge in [-0.25, -0.2) is 0 Å². The van der Waals surface area contributed by atoms with Crippen LogP contribution in [0.1, 0.15) is 19.3 Å². The summed E-state index contributed by atoms with van der Waals surface area (Å²) >= 11 is 0. The Morgan fingerprint density at radius 3 is 3.20 bits per heavy atom. The smallest absolute Gasteiger partial charge is 0.161 e. The Bertz CT molecular complexity index is 387. The van der Waals surface area contributed by atoms with Crippen molar-refractivity contribution in [3.05, 3.63) is 35.5 Å². The van der Waals surface area contributed by atoms with Crippen LogP contribution in [0.3, 0.4) is 0 Å². The lowest BCUT2D eigenvalue weighted by Gasteiger charge is -2.34. The molecule has 1 aliphatic heterocycles. The van der Waals surface area contributed by atoms with Gasteiger partial charge in [0.05, 0.1) is 12.7 Å². The van der Waals surface area contributed by atoms with E-state index in [1.165, 1.54) is 5.57 Å².